The van der Waals surface area contributed by atoms with E-state index in [0.717, 1.165) is 0 Å². The smallest absolute Gasteiger partial charge is 0.0999 e. The van der Waals surface area contributed by atoms with E-state index in [1.54, 1.807) is 48.7 Å². The molecule has 3 aromatic rings. The number of rotatable bonds is 2. The average molecular weight is 394 g/mol. The molecule has 0 saturated heterocycles. The lowest BCUT2D eigenvalue weighted by Gasteiger charge is -2.10. The molecule has 0 atom stereocenters. The number of hydrogen-bond donors (Lipinski definition) is 0. The number of nitriles is 1. The summed E-state index contributed by atoms with van der Waals surface area (Å²) in [6.45, 7) is 0. The van der Waals surface area contributed by atoms with Crippen molar-refractivity contribution in [2.45, 2.75) is 0 Å². The third-order valence-corrected chi connectivity index (χ3v) is 5.13. The second-order valence-electron chi connectivity index (χ2n) is 4.93. The van der Waals surface area contributed by atoms with Crippen LogP contribution in [0.5, 0.6) is 0 Å². The van der Waals surface area contributed by atoms with Crippen LogP contribution in [0.25, 0.3) is 22.4 Å². The lowest BCUT2D eigenvalue weighted by molar-refractivity contribution is 1.31. The molecule has 0 saturated carbocycles. The molecule has 0 aliphatic carbocycles. The predicted molar refractivity (Wildman–Crippen MR) is 99.9 cm³/mol. The van der Waals surface area contributed by atoms with Crippen LogP contribution in [0.3, 0.4) is 0 Å². The predicted octanol–water partition coefficient (Wildman–Crippen LogP) is 6.90. The number of aromatic nitrogens is 1. The van der Waals surface area contributed by atoms with Gasteiger partial charge in [-0.3, -0.25) is 4.98 Å². The van der Waals surface area contributed by atoms with Crippen molar-refractivity contribution in [2.75, 3.05) is 0 Å². The van der Waals surface area contributed by atoms with E-state index in [4.69, 9.17) is 46.4 Å². The molecule has 6 heteroatoms. The van der Waals surface area contributed by atoms with Crippen molar-refractivity contribution in [3.05, 3.63) is 74.3 Å². The van der Waals surface area contributed by atoms with Crippen LogP contribution in [-0.4, -0.2) is 4.98 Å². The third kappa shape index (κ3) is 3.09. The van der Waals surface area contributed by atoms with Gasteiger partial charge in [-0.25, -0.2) is 0 Å². The van der Waals surface area contributed by atoms with Gasteiger partial charge in [0.05, 0.1) is 37.4 Å². The molecular weight excluding hydrogens is 386 g/mol. The van der Waals surface area contributed by atoms with Crippen molar-refractivity contribution in [3.8, 4) is 28.5 Å². The Bertz CT molecular complexity index is 977. The first-order chi connectivity index (χ1) is 11.5. The first-order valence-electron chi connectivity index (χ1n) is 6.82. The summed E-state index contributed by atoms with van der Waals surface area (Å²) < 4.78 is 0. The second-order valence-corrected chi connectivity index (χ2v) is 6.50. The zero-order valence-corrected chi connectivity index (χ0v) is 15.0. The van der Waals surface area contributed by atoms with E-state index in [9.17, 15) is 5.26 Å². The molecule has 0 aliphatic heterocycles. The minimum absolute atomic E-state index is 0.381. The minimum Gasteiger partial charge on any atom is -0.255 e. The zero-order valence-electron chi connectivity index (χ0n) is 12.0. The molecule has 0 bridgehead atoms. The highest BCUT2D eigenvalue weighted by Crippen LogP contribution is 2.37. The van der Waals surface area contributed by atoms with Crippen molar-refractivity contribution in [1.82, 2.24) is 4.98 Å². The Labute approximate surface area is 159 Å². The molecule has 0 spiro atoms. The molecule has 3 rings (SSSR count). The molecule has 0 amide bonds. The Balaban J connectivity index is 2.18. The van der Waals surface area contributed by atoms with Crippen molar-refractivity contribution in [1.29, 1.82) is 5.26 Å². The molecule has 0 fully saturated rings. The summed E-state index contributed by atoms with van der Waals surface area (Å²) in [5.74, 6) is 0. The van der Waals surface area contributed by atoms with Crippen LogP contribution >= 0.6 is 46.4 Å². The second kappa shape index (κ2) is 7.01. The highest BCUT2D eigenvalue weighted by Gasteiger charge is 2.15. The van der Waals surface area contributed by atoms with Gasteiger partial charge in [0, 0.05) is 22.9 Å². The quantitative estimate of drug-likeness (QED) is 0.474. The third-order valence-electron chi connectivity index (χ3n) is 3.49. The number of pyridine rings is 1. The van der Waals surface area contributed by atoms with E-state index in [1.165, 1.54) is 0 Å². The van der Waals surface area contributed by atoms with E-state index in [-0.39, 0.29) is 0 Å². The summed E-state index contributed by atoms with van der Waals surface area (Å²) in [5.41, 5.74) is 2.88. The van der Waals surface area contributed by atoms with Crippen LogP contribution in [-0.2, 0) is 0 Å². The molecule has 118 valence electrons. The van der Waals surface area contributed by atoms with Gasteiger partial charge in [0.2, 0.25) is 0 Å². The Morgan fingerprint density at radius 2 is 1.38 bits per heavy atom. The monoisotopic (exact) mass is 392 g/mol. The SMILES string of the molecule is N#Cc1cc(-c2cccc(Cl)c2Cl)ncc1-c1cccc(Cl)c1Cl. The highest BCUT2D eigenvalue weighted by molar-refractivity contribution is 6.44. The molecule has 0 aliphatic rings. The van der Waals surface area contributed by atoms with Crippen molar-refractivity contribution in [2.24, 2.45) is 0 Å². The van der Waals surface area contributed by atoms with Gasteiger partial charge in [0.15, 0.2) is 0 Å². The molecule has 1 heterocycles. The summed E-state index contributed by atoms with van der Waals surface area (Å²) in [6.07, 6.45) is 1.59. The fourth-order valence-corrected chi connectivity index (χ4v) is 3.12. The van der Waals surface area contributed by atoms with Gasteiger partial charge in [-0.05, 0) is 18.2 Å². The first-order valence-corrected chi connectivity index (χ1v) is 8.33. The van der Waals surface area contributed by atoms with Crippen molar-refractivity contribution in [3.63, 3.8) is 0 Å². The van der Waals surface area contributed by atoms with Gasteiger partial charge < -0.3 is 0 Å². The Hall–Kier alpha value is -1.76. The van der Waals surface area contributed by atoms with Crippen LogP contribution < -0.4 is 0 Å². The molecule has 2 aromatic carbocycles. The van der Waals surface area contributed by atoms with E-state index >= 15 is 0 Å². The maximum Gasteiger partial charge on any atom is 0.0999 e. The Morgan fingerprint density at radius 3 is 2.00 bits per heavy atom. The van der Waals surface area contributed by atoms with E-state index in [0.29, 0.717) is 48.0 Å². The standard InChI is InChI=1S/C18H8Cl4N2/c19-14-5-1-3-11(17(14)21)13-9-24-16(7-10(13)8-23)12-4-2-6-15(20)18(12)22/h1-7,9H. The van der Waals surface area contributed by atoms with Gasteiger partial charge in [-0.1, -0.05) is 70.7 Å². The molecule has 24 heavy (non-hydrogen) atoms. The van der Waals surface area contributed by atoms with Crippen LogP contribution in [0.1, 0.15) is 5.56 Å². The summed E-state index contributed by atoms with van der Waals surface area (Å²) in [7, 11) is 0. The van der Waals surface area contributed by atoms with Crippen molar-refractivity contribution >= 4 is 46.4 Å². The van der Waals surface area contributed by atoms with Gasteiger partial charge in [-0.2, -0.15) is 5.26 Å². The van der Waals surface area contributed by atoms with Crippen LogP contribution in [0.15, 0.2) is 48.7 Å². The Kier molecular flexibility index (Phi) is 4.99. The first kappa shape index (κ1) is 17.1. The minimum atomic E-state index is 0.381. The molecular formula is C18H8Cl4N2. The number of hydrogen-bond acceptors (Lipinski definition) is 2. The summed E-state index contributed by atoms with van der Waals surface area (Å²) in [5, 5.41) is 11.1. The molecule has 0 N–H and O–H groups in total. The molecule has 2 nitrogen and oxygen atoms in total. The molecule has 0 unspecified atom stereocenters. The number of halogens is 4. The van der Waals surface area contributed by atoms with Gasteiger partial charge >= 0.3 is 0 Å². The highest BCUT2D eigenvalue weighted by atomic mass is 35.5. The zero-order chi connectivity index (χ0) is 17.3. The Morgan fingerprint density at radius 1 is 0.792 bits per heavy atom. The fraction of sp³-hybridized carbons (Fsp3) is 0. The lowest BCUT2D eigenvalue weighted by atomic mass is 10.0. The van der Waals surface area contributed by atoms with Crippen LogP contribution in [0, 0.1) is 11.3 Å². The van der Waals surface area contributed by atoms with E-state index in [1.807, 2.05) is 0 Å². The van der Waals surface area contributed by atoms with Gasteiger partial charge in [0.25, 0.3) is 0 Å². The van der Waals surface area contributed by atoms with Crippen LogP contribution in [0.2, 0.25) is 20.1 Å². The lowest BCUT2D eigenvalue weighted by Crippen LogP contribution is -1.92. The van der Waals surface area contributed by atoms with E-state index < -0.39 is 0 Å². The fourth-order valence-electron chi connectivity index (χ4n) is 2.32. The number of nitrogens with zero attached hydrogens (tertiary/aromatic N) is 2. The number of benzene rings is 2. The van der Waals surface area contributed by atoms with Gasteiger partial charge in [-0.15, -0.1) is 0 Å². The summed E-state index contributed by atoms with van der Waals surface area (Å²) in [4.78, 5) is 4.41. The average Bonchev–Trinajstić information content (AvgIpc) is 2.59. The molecule has 1 aromatic heterocycles. The maximum absolute atomic E-state index is 9.52. The van der Waals surface area contributed by atoms with Crippen LogP contribution in [0.4, 0.5) is 0 Å². The summed E-state index contributed by atoms with van der Waals surface area (Å²) >= 11 is 24.6. The molecule has 0 radical (unpaired) electrons. The van der Waals surface area contributed by atoms with E-state index in [2.05, 4.69) is 11.1 Å². The topological polar surface area (TPSA) is 36.7 Å². The normalized spacial score (nSPS) is 10.5. The maximum atomic E-state index is 9.52. The largest absolute Gasteiger partial charge is 0.255 e. The van der Waals surface area contributed by atoms with Crippen molar-refractivity contribution < 1.29 is 0 Å². The van der Waals surface area contributed by atoms with Gasteiger partial charge in [0.1, 0.15) is 0 Å². The summed E-state index contributed by atoms with van der Waals surface area (Å²) in [6, 6.07) is 14.3.